The molecule has 84 valence electrons. The lowest BCUT2D eigenvalue weighted by molar-refractivity contribution is -0.114. The van der Waals surface area contributed by atoms with Crippen LogP contribution in [0, 0.1) is 0 Å². The predicted octanol–water partition coefficient (Wildman–Crippen LogP) is 1.47. The van der Waals surface area contributed by atoms with E-state index in [-0.39, 0.29) is 5.78 Å². The van der Waals surface area contributed by atoms with Crippen molar-refractivity contribution < 1.29 is 9.90 Å². The Labute approximate surface area is 90.8 Å². The molecule has 0 amide bonds. The van der Waals surface area contributed by atoms with E-state index in [4.69, 9.17) is 0 Å². The van der Waals surface area contributed by atoms with Crippen LogP contribution in [0.3, 0.4) is 0 Å². The van der Waals surface area contributed by atoms with Gasteiger partial charge in [0.25, 0.3) is 0 Å². The summed E-state index contributed by atoms with van der Waals surface area (Å²) >= 11 is 0. The number of allylic oxidation sites excluding steroid dienone is 2. The van der Waals surface area contributed by atoms with Crippen molar-refractivity contribution >= 4 is 5.78 Å². The van der Waals surface area contributed by atoms with Gasteiger partial charge in [0.15, 0.2) is 5.78 Å². The van der Waals surface area contributed by atoms with Crippen LogP contribution in [0.2, 0.25) is 0 Å². The topological polar surface area (TPSA) is 40.5 Å². The standard InChI is InChI=1S/C12H19NO2/c1-13(10-4-5-11(14)8-10)9-12(15)6-2-3-7-12/h8,15H,2-7,9H2,1H3. The highest BCUT2D eigenvalue weighted by molar-refractivity contribution is 5.92. The third kappa shape index (κ3) is 2.40. The summed E-state index contributed by atoms with van der Waals surface area (Å²) in [6.45, 7) is 0.673. The monoisotopic (exact) mass is 209 g/mol. The fourth-order valence-electron chi connectivity index (χ4n) is 2.62. The van der Waals surface area contributed by atoms with Gasteiger partial charge in [-0.2, -0.15) is 0 Å². The largest absolute Gasteiger partial charge is 0.388 e. The molecule has 1 N–H and O–H groups in total. The fraction of sp³-hybridized carbons (Fsp3) is 0.750. The molecule has 0 aliphatic heterocycles. The molecule has 0 saturated heterocycles. The van der Waals surface area contributed by atoms with Crippen LogP contribution < -0.4 is 0 Å². The SMILES string of the molecule is CN(CC1(O)CCCC1)C1=CC(=O)CC1. The first-order valence-electron chi connectivity index (χ1n) is 5.76. The first-order chi connectivity index (χ1) is 7.09. The molecule has 2 aliphatic carbocycles. The quantitative estimate of drug-likeness (QED) is 0.765. The lowest BCUT2D eigenvalue weighted by Gasteiger charge is -2.30. The minimum atomic E-state index is -0.513. The maximum Gasteiger partial charge on any atom is 0.157 e. The molecule has 0 heterocycles. The minimum absolute atomic E-state index is 0.218. The summed E-state index contributed by atoms with van der Waals surface area (Å²) in [6.07, 6.45) is 7.25. The Balaban J connectivity index is 1.94. The number of hydrogen-bond acceptors (Lipinski definition) is 3. The lowest BCUT2D eigenvalue weighted by Crippen LogP contribution is -2.38. The van der Waals surface area contributed by atoms with E-state index >= 15 is 0 Å². The van der Waals surface area contributed by atoms with Crippen molar-refractivity contribution in [3.63, 3.8) is 0 Å². The molecule has 0 aromatic rings. The first-order valence-corrected chi connectivity index (χ1v) is 5.76. The zero-order chi connectivity index (χ0) is 10.9. The molecule has 3 nitrogen and oxygen atoms in total. The summed E-state index contributed by atoms with van der Waals surface area (Å²) in [5.74, 6) is 0.218. The minimum Gasteiger partial charge on any atom is -0.388 e. The summed E-state index contributed by atoms with van der Waals surface area (Å²) < 4.78 is 0. The van der Waals surface area contributed by atoms with Crippen molar-refractivity contribution in [1.82, 2.24) is 4.90 Å². The van der Waals surface area contributed by atoms with Gasteiger partial charge in [-0.1, -0.05) is 12.8 Å². The van der Waals surface area contributed by atoms with Crippen molar-refractivity contribution in [3.05, 3.63) is 11.8 Å². The number of ketones is 1. The lowest BCUT2D eigenvalue weighted by atomic mass is 10.0. The normalized spacial score (nSPS) is 24.4. The van der Waals surface area contributed by atoms with Gasteiger partial charge < -0.3 is 10.0 Å². The average molecular weight is 209 g/mol. The second-order valence-electron chi connectivity index (χ2n) is 4.89. The van der Waals surface area contributed by atoms with Gasteiger partial charge in [-0.25, -0.2) is 0 Å². The molecule has 0 unspecified atom stereocenters. The summed E-state index contributed by atoms with van der Waals surface area (Å²) in [5.41, 5.74) is 0.571. The van der Waals surface area contributed by atoms with Gasteiger partial charge in [0.2, 0.25) is 0 Å². The molecule has 15 heavy (non-hydrogen) atoms. The highest BCUT2D eigenvalue weighted by Gasteiger charge is 2.33. The van der Waals surface area contributed by atoms with Crippen LogP contribution in [0.4, 0.5) is 0 Å². The highest BCUT2D eigenvalue weighted by atomic mass is 16.3. The Hall–Kier alpha value is -0.830. The molecule has 0 aromatic carbocycles. The maximum atomic E-state index is 11.1. The molecule has 0 spiro atoms. The zero-order valence-electron chi connectivity index (χ0n) is 9.33. The van der Waals surface area contributed by atoms with Crippen LogP contribution in [0.15, 0.2) is 11.8 Å². The molecule has 1 fully saturated rings. The number of carbonyl (C=O) groups is 1. The Morgan fingerprint density at radius 3 is 2.60 bits per heavy atom. The number of carbonyl (C=O) groups excluding carboxylic acids is 1. The number of likely N-dealkylation sites (N-methyl/N-ethyl adjacent to an activating group) is 1. The van der Waals surface area contributed by atoms with Crippen molar-refractivity contribution in [2.45, 2.75) is 44.1 Å². The van der Waals surface area contributed by atoms with Gasteiger partial charge in [-0.05, 0) is 19.3 Å². The molecule has 2 rings (SSSR count). The van der Waals surface area contributed by atoms with Gasteiger partial charge in [0, 0.05) is 31.8 Å². The van der Waals surface area contributed by atoms with Gasteiger partial charge in [0.1, 0.15) is 0 Å². The van der Waals surface area contributed by atoms with E-state index in [1.54, 1.807) is 6.08 Å². The second kappa shape index (κ2) is 3.97. The van der Waals surface area contributed by atoms with Crippen LogP contribution in [-0.4, -0.2) is 35.0 Å². The molecule has 2 aliphatic rings. The molecule has 3 heteroatoms. The number of nitrogens with zero attached hydrogens (tertiary/aromatic N) is 1. The Bertz CT molecular complexity index is 290. The third-order valence-corrected chi connectivity index (χ3v) is 3.51. The van der Waals surface area contributed by atoms with E-state index < -0.39 is 5.60 Å². The zero-order valence-corrected chi connectivity index (χ0v) is 9.33. The summed E-state index contributed by atoms with van der Waals surface area (Å²) in [5, 5.41) is 10.2. The molecule has 0 radical (unpaired) electrons. The predicted molar refractivity (Wildman–Crippen MR) is 58.4 cm³/mol. The third-order valence-electron chi connectivity index (χ3n) is 3.51. The molecule has 1 saturated carbocycles. The smallest absolute Gasteiger partial charge is 0.157 e. The second-order valence-corrected chi connectivity index (χ2v) is 4.89. The molecule has 0 bridgehead atoms. The number of aliphatic hydroxyl groups is 1. The first kappa shape index (κ1) is 10.7. The van der Waals surface area contributed by atoms with Crippen LogP contribution in [0.1, 0.15) is 38.5 Å². The van der Waals surface area contributed by atoms with E-state index in [9.17, 15) is 9.90 Å². The maximum absolute atomic E-state index is 11.1. The Kier molecular flexibility index (Phi) is 2.83. The molecule has 0 atom stereocenters. The van der Waals surface area contributed by atoms with E-state index in [2.05, 4.69) is 4.90 Å². The summed E-state index contributed by atoms with van der Waals surface area (Å²) in [7, 11) is 1.97. The van der Waals surface area contributed by atoms with E-state index in [0.717, 1.165) is 37.8 Å². The van der Waals surface area contributed by atoms with Gasteiger partial charge in [0.05, 0.1) is 5.60 Å². The van der Waals surface area contributed by atoms with E-state index in [1.165, 1.54) is 0 Å². The number of hydrogen-bond donors (Lipinski definition) is 1. The van der Waals surface area contributed by atoms with E-state index in [1.807, 2.05) is 7.05 Å². The molecular formula is C12H19NO2. The van der Waals surface area contributed by atoms with E-state index in [0.29, 0.717) is 13.0 Å². The summed E-state index contributed by atoms with van der Waals surface area (Å²) in [4.78, 5) is 13.2. The fourth-order valence-corrected chi connectivity index (χ4v) is 2.62. The van der Waals surface area contributed by atoms with Crippen LogP contribution >= 0.6 is 0 Å². The van der Waals surface area contributed by atoms with Gasteiger partial charge in [-0.3, -0.25) is 4.79 Å². The van der Waals surface area contributed by atoms with Gasteiger partial charge in [-0.15, -0.1) is 0 Å². The van der Waals surface area contributed by atoms with Crippen molar-refractivity contribution in [2.24, 2.45) is 0 Å². The highest BCUT2D eigenvalue weighted by Crippen LogP contribution is 2.31. The molecule has 0 aromatic heterocycles. The van der Waals surface area contributed by atoms with Crippen molar-refractivity contribution in [3.8, 4) is 0 Å². The Morgan fingerprint density at radius 2 is 2.07 bits per heavy atom. The van der Waals surface area contributed by atoms with Crippen LogP contribution in [0.25, 0.3) is 0 Å². The summed E-state index contributed by atoms with van der Waals surface area (Å²) in [6, 6.07) is 0. The number of rotatable bonds is 3. The average Bonchev–Trinajstić information content (AvgIpc) is 2.75. The van der Waals surface area contributed by atoms with Crippen LogP contribution in [-0.2, 0) is 4.79 Å². The molecular weight excluding hydrogens is 190 g/mol. The Morgan fingerprint density at radius 1 is 1.40 bits per heavy atom. The van der Waals surface area contributed by atoms with Crippen molar-refractivity contribution in [2.75, 3.05) is 13.6 Å². The van der Waals surface area contributed by atoms with Crippen molar-refractivity contribution in [1.29, 1.82) is 0 Å². The van der Waals surface area contributed by atoms with Crippen LogP contribution in [0.5, 0.6) is 0 Å². The van der Waals surface area contributed by atoms with Gasteiger partial charge >= 0.3 is 0 Å².